The molecule has 0 aliphatic carbocycles. The van der Waals surface area contributed by atoms with Crippen molar-refractivity contribution in [3.8, 4) is 0 Å². The summed E-state index contributed by atoms with van der Waals surface area (Å²) < 4.78 is 11.9. The molecule has 2 aliphatic heterocycles. The van der Waals surface area contributed by atoms with E-state index in [9.17, 15) is 5.21 Å². The van der Waals surface area contributed by atoms with E-state index in [0.717, 1.165) is 22.4 Å². The molecule has 4 nitrogen and oxygen atoms in total. The molecule has 1 aromatic heterocycles. The molecule has 0 bridgehead atoms. The normalized spacial score (nSPS) is 29.7. The number of aromatic nitrogens is 1. The first kappa shape index (κ1) is 8.20. The molecule has 1 unspecified atom stereocenters. The fraction of sp³-hybridized carbons (Fsp3) is 0.500. The van der Waals surface area contributed by atoms with Crippen LogP contribution in [-0.4, -0.2) is 13.2 Å². The van der Waals surface area contributed by atoms with Crippen LogP contribution in [0, 0.1) is 5.21 Å². The van der Waals surface area contributed by atoms with Crippen LogP contribution in [0.1, 0.15) is 17.7 Å². The summed E-state index contributed by atoms with van der Waals surface area (Å²) in [6, 6.07) is 3.70. The SMILES string of the molecule is [O-][n+]1cccc2c1C1(CCOC1)OC2. The van der Waals surface area contributed by atoms with E-state index in [1.807, 2.05) is 6.07 Å². The molecule has 1 saturated heterocycles. The van der Waals surface area contributed by atoms with Crippen molar-refractivity contribution in [3.63, 3.8) is 0 Å². The average Bonchev–Trinajstić information content (AvgIpc) is 2.77. The highest BCUT2D eigenvalue weighted by molar-refractivity contribution is 5.26. The fourth-order valence-corrected chi connectivity index (χ4v) is 2.27. The second kappa shape index (κ2) is 2.68. The molecule has 74 valence electrons. The summed E-state index contributed by atoms with van der Waals surface area (Å²) in [6.07, 6.45) is 2.31. The second-order valence-corrected chi connectivity index (χ2v) is 3.79. The van der Waals surface area contributed by atoms with E-state index in [2.05, 4.69) is 0 Å². The monoisotopic (exact) mass is 193 g/mol. The lowest BCUT2D eigenvalue weighted by Crippen LogP contribution is -2.41. The minimum Gasteiger partial charge on any atom is -0.618 e. The van der Waals surface area contributed by atoms with Crippen LogP contribution in [0.25, 0.3) is 0 Å². The maximum Gasteiger partial charge on any atom is 0.232 e. The topological polar surface area (TPSA) is 45.4 Å². The summed E-state index contributed by atoms with van der Waals surface area (Å²) >= 11 is 0. The van der Waals surface area contributed by atoms with Gasteiger partial charge in [-0.1, -0.05) is 0 Å². The summed E-state index contributed by atoms with van der Waals surface area (Å²) in [5.74, 6) is 0. The molecule has 2 aliphatic rings. The molecule has 1 aromatic rings. The first-order chi connectivity index (χ1) is 6.82. The number of ether oxygens (including phenoxy) is 2. The minimum atomic E-state index is -0.460. The maximum atomic E-state index is 11.7. The van der Waals surface area contributed by atoms with Crippen LogP contribution in [0.15, 0.2) is 18.3 Å². The van der Waals surface area contributed by atoms with Crippen LogP contribution in [-0.2, 0) is 21.7 Å². The average molecular weight is 193 g/mol. The quantitative estimate of drug-likeness (QED) is 0.444. The highest BCUT2D eigenvalue weighted by atomic mass is 16.6. The third-order valence-electron chi connectivity index (χ3n) is 2.96. The Labute approximate surface area is 81.6 Å². The van der Waals surface area contributed by atoms with E-state index in [1.54, 1.807) is 6.07 Å². The van der Waals surface area contributed by atoms with Crippen LogP contribution in [0.5, 0.6) is 0 Å². The molecule has 1 atom stereocenters. The summed E-state index contributed by atoms with van der Waals surface area (Å²) in [5.41, 5.74) is 1.28. The highest BCUT2D eigenvalue weighted by Gasteiger charge is 2.49. The Hall–Kier alpha value is -1.13. The van der Waals surface area contributed by atoms with Gasteiger partial charge >= 0.3 is 0 Å². The van der Waals surface area contributed by atoms with E-state index in [4.69, 9.17) is 9.47 Å². The molecule has 0 radical (unpaired) electrons. The molecule has 0 amide bonds. The van der Waals surface area contributed by atoms with Crippen molar-refractivity contribution < 1.29 is 14.2 Å². The summed E-state index contributed by atoms with van der Waals surface area (Å²) in [5, 5.41) is 11.7. The predicted molar refractivity (Wildman–Crippen MR) is 47.3 cm³/mol. The third kappa shape index (κ3) is 0.923. The van der Waals surface area contributed by atoms with Gasteiger partial charge in [0.1, 0.15) is 0 Å². The van der Waals surface area contributed by atoms with Crippen molar-refractivity contribution >= 4 is 0 Å². The van der Waals surface area contributed by atoms with Gasteiger partial charge in [0.05, 0.1) is 19.8 Å². The molecule has 3 rings (SSSR count). The van der Waals surface area contributed by atoms with Crippen molar-refractivity contribution in [2.24, 2.45) is 0 Å². The maximum absolute atomic E-state index is 11.7. The highest BCUT2D eigenvalue weighted by Crippen LogP contribution is 2.40. The van der Waals surface area contributed by atoms with Crippen LogP contribution < -0.4 is 4.73 Å². The Balaban J connectivity index is 2.16. The summed E-state index contributed by atoms with van der Waals surface area (Å²) in [4.78, 5) is 0. The van der Waals surface area contributed by atoms with Crippen LogP contribution >= 0.6 is 0 Å². The molecule has 4 heteroatoms. The molecular weight excluding hydrogens is 182 g/mol. The Bertz CT molecular complexity index is 372. The van der Waals surface area contributed by atoms with E-state index in [-0.39, 0.29) is 0 Å². The number of rotatable bonds is 0. The Morgan fingerprint density at radius 3 is 3.21 bits per heavy atom. The first-order valence-corrected chi connectivity index (χ1v) is 4.75. The van der Waals surface area contributed by atoms with Gasteiger partial charge < -0.3 is 14.7 Å². The second-order valence-electron chi connectivity index (χ2n) is 3.79. The molecule has 1 fully saturated rings. The third-order valence-corrected chi connectivity index (χ3v) is 2.96. The summed E-state index contributed by atoms with van der Waals surface area (Å²) in [7, 11) is 0. The lowest BCUT2D eigenvalue weighted by Gasteiger charge is -2.19. The van der Waals surface area contributed by atoms with Crippen LogP contribution in [0.2, 0.25) is 0 Å². The zero-order chi connectivity index (χ0) is 9.60. The lowest BCUT2D eigenvalue weighted by atomic mass is 9.97. The van der Waals surface area contributed by atoms with Gasteiger partial charge in [0.15, 0.2) is 11.8 Å². The van der Waals surface area contributed by atoms with Crippen molar-refractivity contribution in [1.29, 1.82) is 0 Å². The summed E-state index contributed by atoms with van der Waals surface area (Å²) in [6.45, 7) is 1.71. The van der Waals surface area contributed by atoms with Crippen LogP contribution in [0.4, 0.5) is 0 Å². The van der Waals surface area contributed by atoms with Gasteiger partial charge in [0, 0.05) is 18.1 Å². The number of fused-ring (bicyclic) bond motifs is 2. The van der Waals surface area contributed by atoms with Gasteiger partial charge in [-0.25, -0.2) is 0 Å². The first-order valence-electron chi connectivity index (χ1n) is 4.75. The standard InChI is InChI=1S/C10H11NO3/c12-11-4-1-2-8-6-14-10(9(8)11)3-5-13-7-10/h1-2,4H,3,5-7H2. The van der Waals surface area contributed by atoms with Crippen molar-refractivity contribution in [2.75, 3.05) is 13.2 Å². The molecule has 0 aromatic carbocycles. The molecule has 1 spiro atoms. The fourth-order valence-electron chi connectivity index (χ4n) is 2.27. The Morgan fingerprint density at radius 2 is 2.43 bits per heavy atom. The van der Waals surface area contributed by atoms with Crippen molar-refractivity contribution in [2.45, 2.75) is 18.6 Å². The number of pyridine rings is 1. The number of hydrogen-bond acceptors (Lipinski definition) is 3. The van der Waals surface area contributed by atoms with Gasteiger partial charge in [-0.05, 0) is 6.07 Å². The Kier molecular flexibility index (Phi) is 1.57. The minimum absolute atomic E-state index is 0.460. The largest absolute Gasteiger partial charge is 0.618 e. The van der Waals surface area contributed by atoms with Gasteiger partial charge in [-0.15, -0.1) is 0 Å². The predicted octanol–water partition coefficient (Wildman–Crippen LogP) is 0.466. The van der Waals surface area contributed by atoms with Crippen LogP contribution in [0.3, 0.4) is 0 Å². The Morgan fingerprint density at radius 1 is 1.50 bits per heavy atom. The molecule has 0 N–H and O–H groups in total. The van der Waals surface area contributed by atoms with Gasteiger partial charge in [-0.2, -0.15) is 4.73 Å². The molecule has 3 heterocycles. The van der Waals surface area contributed by atoms with Crippen molar-refractivity contribution in [1.82, 2.24) is 0 Å². The van der Waals surface area contributed by atoms with Gasteiger partial charge in [-0.3, -0.25) is 0 Å². The molecule has 0 saturated carbocycles. The lowest BCUT2D eigenvalue weighted by molar-refractivity contribution is -0.621. The van der Waals surface area contributed by atoms with E-state index < -0.39 is 5.60 Å². The number of hydrogen-bond donors (Lipinski definition) is 0. The van der Waals surface area contributed by atoms with Gasteiger partial charge in [0.2, 0.25) is 5.69 Å². The number of nitrogens with zero attached hydrogens (tertiary/aromatic N) is 1. The van der Waals surface area contributed by atoms with E-state index in [0.29, 0.717) is 19.8 Å². The molecule has 14 heavy (non-hydrogen) atoms. The van der Waals surface area contributed by atoms with E-state index in [1.165, 1.54) is 6.20 Å². The smallest absolute Gasteiger partial charge is 0.232 e. The molecular formula is C10H11NO3. The zero-order valence-electron chi connectivity index (χ0n) is 7.73. The van der Waals surface area contributed by atoms with E-state index >= 15 is 0 Å². The van der Waals surface area contributed by atoms with Gasteiger partial charge in [0.25, 0.3) is 0 Å². The van der Waals surface area contributed by atoms with Crippen molar-refractivity contribution in [3.05, 3.63) is 34.8 Å². The zero-order valence-corrected chi connectivity index (χ0v) is 7.73.